The number of rotatable bonds is 2. The van der Waals surface area contributed by atoms with E-state index in [1.54, 1.807) is 13.8 Å². The largest absolute Gasteiger partial charge is 0.384 e. The summed E-state index contributed by atoms with van der Waals surface area (Å²) in [5, 5.41) is 9.90. The van der Waals surface area contributed by atoms with Gasteiger partial charge >= 0.3 is 0 Å². The lowest BCUT2D eigenvalue weighted by Crippen LogP contribution is -2.17. The van der Waals surface area contributed by atoms with Crippen LogP contribution in [-0.4, -0.2) is 10.1 Å². The molecule has 0 fully saturated rings. The smallest absolute Gasteiger partial charge is 0.101 e. The molecule has 0 aliphatic heterocycles. The Balaban J connectivity index is 2.45. The predicted molar refractivity (Wildman–Crippen MR) is 64.9 cm³/mol. The molecule has 0 radical (unpaired) electrons. The molecular formula is C14H15NO. The van der Waals surface area contributed by atoms with E-state index in [9.17, 15) is 5.11 Å². The number of benzene rings is 1. The number of aromatic nitrogens is 1. The van der Waals surface area contributed by atoms with E-state index >= 15 is 0 Å². The lowest BCUT2D eigenvalue weighted by Gasteiger charge is -2.17. The van der Waals surface area contributed by atoms with Crippen molar-refractivity contribution in [2.75, 3.05) is 0 Å². The summed E-state index contributed by atoms with van der Waals surface area (Å²) in [4.78, 5) is 4.46. The highest BCUT2D eigenvalue weighted by Gasteiger charge is 2.17. The van der Waals surface area contributed by atoms with Crippen molar-refractivity contribution in [1.82, 2.24) is 4.98 Å². The van der Waals surface area contributed by atoms with Gasteiger partial charge in [-0.25, -0.2) is 4.98 Å². The van der Waals surface area contributed by atoms with Gasteiger partial charge in [0.05, 0.1) is 11.4 Å². The highest BCUT2D eigenvalue weighted by atomic mass is 16.3. The topological polar surface area (TPSA) is 33.1 Å². The van der Waals surface area contributed by atoms with E-state index in [0.29, 0.717) is 5.69 Å². The third-order valence-electron chi connectivity index (χ3n) is 2.45. The number of hydrogen-bond donors (Lipinski definition) is 1. The van der Waals surface area contributed by atoms with E-state index in [4.69, 9.17) is 0 Å². The van der Waals surface area contributed by atoms with Gasteiger partial charge < -0.3 is 5.11 Å². The summed E-state index contributed by atoms with van der Waals surface area (Å²) < 4.78 is 0. The van der Waals surface area contributed by atoms with Crippen molar-refractivity contribution < 1.29 is 5.11 Å². The molecule has 0 atom stereocenters. The van der Waals surface area contributed by atoms with Crippen molar-refractivity contribution in [3.05, 3.63) is 54.2 Å². The normalized spacial score (nSPS) is 11.4. The predicted octanol–water partition coefficient (Wildman–Crippen LogP) is 2.98. The van der Waals surface area contributed by atoms with Gasteiger partial charge in [-0.05, 0) is 26.0 Å². The minimum absolute atomic E-state index is 0.689. The summed E-state index contributed by atoms with van der Waals surface area (Å²) in [6.45, 7) is 3.48. The third kappa shape index (κ3) is 2.28. The SMILES string of the molecule is CC(C)(O)c1cccc(-c2ccccc2)n1. The van der Waals surface area contributed by atoms with Crippen LogP contribution in [-0.2, 0) is 5.60 Å². The summed E-state index contributed by atoms with van der Waals surface area (Å²) in [7, 11) is 0. The van der Waals surface area contributed by atoms with Gasteiger partial charge in [-0.3, -0.25) is 0 Å². The minimum Gasteiger partial charge on any atom is -0.384 e. The molecule has 1 heterocycles. The van der Waals surface area contributed by atoms with Gasteiger partial charge in [-0.15, -0.1) is 0 Å². The molecule has 1 N–H and O–H groups in total. The Morgan fingerprint density at radius 2 is 1.62 bits per heavy atom. The van der Waals surface area contributed by atoms with Crippen LogP contribution in [0.4, 0.5) is 0 Å². The van der Waals surface area contributed by atoms with Crippen LogP contribution in [0.1, 0.15) is 19.5 Å². The van der Waals surface area contributed by atoms with Crippen LogP contribution in [0.25, 0.3) is 11.3 Å². The maximum absolute atomic E-state index is 9.90. The maximum atomic E-state index is 9.90. The fourth-order valence-electron chi connectivity index (χ4n) is 1.55. The molecule has 0 unspecified atom stereocenters. The molecule has 0 bridgehead atoms. The summed E-state index contributed by atoms with van der Waals surface area (Å²) in [5.41, 5.74) is 1.74. The van der Waals surface area contributed by atoms with Crippen molar-refractivity contribution in [1.29, 1.82) is 0 Å². The Labute approximate surface area is 95.6 Å². The van der Waals surface area contributed by atoms with E-state index in [1.165, 1.54) is 0 Å². The lowest BCUT2D eigenvalue weighted by molar-refractivity contribution is 0.0740. The molecule has 1 aromatic carbocycles. The van der Waals surface area contributed by atoms with Gasteiger partial charge in [-0.1, -0.05) is 36.4 Å². The molecule has 1 aromatic heterocycles. The number of hydrogen-bond acceptors (Lipinski definition) is 2. The molecule has 0 saturated carbocycles. The Kier molecular flexibility index (Phi) is 2.75. The van der Waals surface area contributed by atoms with Crippen molar-refractivity contribution in [2.45, 2.75) is 19.4 Å². The minimum atomic E-state index is -0.898. The number of pyridine rings is 1. The Morgan fingerprint density at radius 3 is 2.25 bits per heavy atom. The first-order valence-corrected chi connectivity index (χ1v) is 5.33. The first-order valence-electron chi connectivity index (χ1n) is 5.33. The van der Waals surface area contributed by atoms with Crippen LogP contribution in [0.15, 0.2) is 48.5 Å². The molecule has 2 heteroatoms. The number of aliphatic hydroxyl groups is 1. The molecular weight excluding hydrogens is 198 g/mol. The second-order valence-electron chi connectivity index (χ2n) is 4.33. The van der Waals surface area contributed by atoms with E-state index in [1.807, 2.05) is 48.5 Å². The summed E-state index contributed by atoms with van der Waals surface area (Å²) in [6.07, 6.45) is 0. The van der Waals surface area contributed by atoms with Crippen molar-refractivity contribution in [3.8, 4) is 11.3 Å². The van der Waals surface area contributed by atoms with Crippen LogP contribution in [0.3, 0.4) is 0 Å². The molecule has 0 aliphatic carbocycles. The zero-order valence-electron chi connectivity index (χ0n) is 9.51. The zero-order valence-corrected chi connectivity index (χ0v) is 9.51. The van der Waals surface area contributed by atoms with Crippen LogP contribution in [0.5, 0.6) is 0 Å². The summed E-state index contributed by atoms with van der Waals surface area (Å²) in [5.74, 6) is 0. The van der Waals surface area contributed by atoms with E-state index in [2.05, 4.69) is 4.98 Å². The molecule has 2 aromatic rings. The van der Waals surface area contributed by atoms with Crippen molar-refractivity contribution in [3.63, 3.8) is 0 Å². The molecule has 0 amide bonds. The monoisotopic (exact) mass is 213 g/mol. The molecule has 16 heavy (non-hydrogen) atoms. The van der Waals surface area contributed by atoms with Gasteiger partial charge in [0.15, 0.2) is 0 Å². The fourth-order valence-corrected chi connectivity index (χ4v) is 1.55. The molecule has 0 saturated heterocycles. The van der Waals surface area contributed by atoms with Gasteiger partial charge in [-0.2, -0.15) is 0 Å². The Morgan fingerprint density at radius 1 is 0.938 bits per heavy atom. The fraction of sp³-hybridized carbons (Fsp3) is 0.214. The van der Waals surface area contributed by atoms with E-state index < -0.39 is 5.60 Å². The Bertz CT molecular complexity index is 472. The van der Waals surface area contributed by atoms with Crippen molar-refractivity contribution >= 4 is 0 Å². The second kappa shape index (κ2) is 4.06. The average Bonchev–Trinajstić information content (AvgIpc) is 2.29. The van der Waals surface area contributed by atoms with Crippen LogP contribution < -0.4 is 0 Å². The highest BCUT2D eigenvalue weighted by Crippen LogP contribution is 2.22. The van der Waals surface area contributed by atoms with Crippen LogP contribution >= 0.6 is 0 Å². The molecule has 2 rings (SSSR count). The van der Waals surface area contributed by atoms with Crippen LogP contribution in [0.2, 0.25) is 0 Å². The van der Waals surface area contributed by atoms with Crippen LogP contribution in [0, 0.1) is 0 Å². The van der Waals surface area contributed by atoms with Crippen molar-refractivity contribution in [2.24, 2.45) is 0 Å². The third-order valence-corrected chi connectivity index (χ3v) is 2.45. The summed E-state index contributed by atoms with van der Waals surface area (Å²) in [6, 6.07) is 15.7. The molecule has 82 valence electrons. The zero-order chi connectivity index (χ0) is 11.6. The first-order chi connectivity index (χ1) is 7.57. The quantitative estimate of drug-likeness (QED) is 0.832. The average molecular weight is 213 g/mol. The summed E-state index contributed by atoms with van der Waals surface area (Å²) >= 11 is 0. The molecule has 0 spiro atoms. The van der Waals surface area contributed by atoms with Gasteiger partial charge in [0.25, 0.3) is 0 Å². The van der Waals surface area contributed by atoms with E-state index in [-0.39, 0.29) is 0 Å². The second-order valence-corrected chi connectivity index (χ2v) is 4.33. The standard InChI is InChI=1S/C14H15NO/c1-14(2,16)13-10-6-9-12(15-13)11-7-4-3-5-8-11/h3-10,16H,1-2H3. The Hall–Kier alpha value is -1.67. The van der Waals surface area contributed by atoms with E-state index in [0.717, 1.165) is 11.3 Å². The first kappa shape index (κ1) is 10.8. The maximum Gasteiger partial charge on any atom is 0.101 e. The molecule has 0 aliphatic rings. The molecule has 2 nitrogen and oxygen atoms in total. The number of nitrogens with zero attached hydrogens (tertiary/aromatic N) is 1. The highest BCUT2D eigenvalue weighted by molar-refractivity contribution is 5.58. The lowest BCUT2D eigenvalue weighted by atomic mass is 10.0. The van der Waals surface area contributed by atoms with Gasteiger partial charge in [0.2, 0.25) is 0 Å². The van der Waals surface area contributed by atoms with Gasteiger partial charge in [0.1, 0.15) is 5.60 Å². The van der Waals surface area contributed by atoms with Gasteiger partial charge in [0, 0.05) is 5.56 Å².